The van der Waals surface area contributed by atoms with Crippen LogP contribution < -0.4 is 5.73 Å². The summed E-state index contributed by atoms with van der Waals surface area (Å²) in [4.78, 5) is 21.0. The fourth-order valence-corrected chi connectivity index (χ4v) is 0.775. The number of nitrogens with two attached hydrogens (primary N) is 1. The van der Waals surface area contributed by atoms with E-state index in [-0.39, 0.29) is 17.8 Å². The topological polar surface area (TPSA) is 60.2 Å². The molecule has 2 N–H and O–H groups in total. The first kappa shape index (κ1) is 10.1. The molecule has 64 valence electrons. The van der Waals surface area contributed by atoms with Gasteiger partial charge in [0.1, 0.15) is 6.29 Å². The lowest BCUT2D eigenvalue weighted by Gasteiger charge is -2.24. The monoisotopic (exact) mass is 157 g/mol. The molecule has 0 radical (unpaired) electrons. The SMILES string of the molecule is CC(C)(C)C(C=O)CC(N)=O. The maximum Gasteiger partial charge on any atom is 0.218 e. The Hall–Kier alpha value is -0.860. The lowest BCUT2D eigenvalue weighted by atomic mass is 9.80. The van der Waals surface area contributed by atoms with E-state index < -0.39 is 5.91 Å². The van der Waals surface area contributed by atoms with E-state index in [0.29, 0.717) is 0 Å². The van der Waals surface area contributed by atoms with Gasteiger partial charge in [-0.2, -0.15) is 0 Å². The average Bonchev–Trinajstić information content (AvgIpc) is 1.79. The summed E-state index contributed by atoms with van der Waals surface area (Å²) >= 11 is 0. The second-order valence-electron chi connectivity index (χ2n) is 3.78. The molecule has 0 saturated carbocycles. The summed E-state index contributed by atoms with van der Waals surface area (Å²) in [6, 6.07) is 0. The van der Waals surface area contributed by atoms with Crippen LogP contribution in [0, 0.1) is 11.3 Å². The van der Waals surface area contributed by atoms with Crippen molar-refractivity contribution >= 4 is 12.2 Å². The highest BCUT2D eigenvalue weighted by Gasteiger charge is 2.25. The van der Waals surface area contributed by atoms with Crippen molar-refractivity contribution in [3.8, 4) is 0 Å². The Labute approximate surface area is 67.0 Å². The molecule has 0 aliphatic rings. The van der Waals surface area contributed by atoms with Gasteiger partial charge in [-0.3, -0.25) is 4.79 Å². The Bertz CT molecular complexity index is 158. The molecule has 0 aromatic heterocycles. The zero-order valence-corrected chi connectivity index (χ0v) is 7.26. The second kappa shape index (κ2) is 3.51. The fraction of sp³-hybridized carbons (Fsp3) is 0.750. The minimum atomic E-state index is -0.419. The van der Waals surface area contributed by atoms with Crippen LogP contribution in [-0.2, 0) is 9.59 Å². The average molecular weight is 157 g/mol. The van der Waals surface area contributed by atoms with Gasteiger partial charge in [-0.1, -0.05) is 20.8 Å². The van der Waals surface area contributed by atoms with E-state index >= 15 is 0 Å². The number of aldehydes is 1. The van der Waals surface area contributed by atoms with Crippen LogP contribution >= 0.6 is 0 Å². The molecule has 1 unspecified atom stereocenters. The molecule has 0 bridgehead atoms. The van der Waals surface area contributed by atoms with Crippen LogP contribution in [0.5, 0.6) is 0 Å². The number of amides is 1. The first-order valence-electron chi connectivity index (χ1n) is 3.61. The van der Waals surface area contributed by atoms with E-state index in [1.54, 1.807) is 0 Å². The summed E-state index contributed by atoms with van der Waals surface area (Å²) in [7, 11) is 0. The highest BCUT2D eigenvalue weighted by Crippen LogP contribution is 2.26. The third-order valence-corrected chi connectivity index (χ3v) is 1.70. The Morgan fingerprint density at radius 3 is 2.09 bits per heavy atom. The van der Waals surface area contributed by atoms with Gasteiger partial charge in [0, 0.05) is 12.3 Å². The molecule has 1 amide bonds. The van der Waals surface area contributed by atoms with Crippen molar-refractivity contribution in [1.82, 2.24) is 0 Å². The predicted molar refractivity (Wildman–Crippen MR) is 42.8 cm³/mol. The number of carbonyl (C=O) groups is 2. The molecule has 3 nitrogen and oxygen atoms in total. The van der Waals surface area contributed by atoms with Crippen LogP contribution in [0.3, 0.4) is 0 Å². The van der Waals surface area contributed by atoms with Gasteiger partial charge in [0.25, 0.3) is 0 Å². The molecule has 1 atom stereocenters. The number of carbonyl (C=O) groups excluding carboxylic acids is 2. The number of hydrogen-bond acceptors (Lipinski definition) is 2. The van der Waals surface area contributed by atoms with Crippen molar-refractivity contribution in [3.05, 3.63) is 0 Å². The van der Waals surface area contributed by atoms with Gasteiger partial charge in [0.05, 0.1) is 0 Å². The molecule has 0 saturated heterocycles. The number of primary amides is 1. The van der Waals surface area contributed by atoms with E-state index in [9.17, 15) is 9.59 Å². The first-order valence-corrected chi connectivity index (χ1v) is 3.61. The Morgan fingerprint density at radius 2 is 2.00 bits per heavy atom. The predicted octanol–water partition coefficient (Wildman–Crippen LogP) is 0.723. The van der Waals surface area contributed by atoms with Gasteiger partial charge in [-0.15, -0.1) is 0 Å². The molecule has 11 heavy (non-hydrogen) atoms. The lowest BCUT2D eigenvalue weighted by Crippen LogP contribution is -2.27. The fourth-order valence-electron chi connectivity index (χ4n) is 0.775. The van der Waals surface area contributed by atoms with E-state index in [1.165, 1.54) is 0 Å². The van der Waals surface area contributed by atoms with Crippen molar-refractivity contribution in [2.24, 2.45) is 17.1 Å². The van der Waals surface area contributed by atoms with Crippen molar-refractivity contribution in [3.63, 3.8) is 0 Å². The number of hydrogen-bond donors (Lipinski definition) is 1. The largest absolute Gasteiger partial charge is 0.370 e. The zero-order valence-electron chi connectivity index (χ0n) is 7.26. The summed E-state index contributed by atoms with van der Waals surface area (Å²) < 4.78 is 0. The Balaban J connectivity index is 4.18. The zero-order chi connectivity index (χ0) is 9.07. The minimum absolute atomic E-state index is 0.146. The quantitative estimate of drug-likeness (QED) is 0.614. The van der Waals surface area contributed by atoms with Crippen molar-refractivity contribution in [1.29, 1.82) is 0 Å². The summed E-state index contributed by atoms with van der Waals surface area (Å²) in [6.45, 7) is 5.74. The smallest absolute Gasteiger partial charge is 0.218 e. The lowest BCUT2D eigenvalue weighted by molar-refractivity contribution is -0.124. The summed E-state index contributed by atoms with van der Waals surface area (Å²) in [5.41, 5.74) is 4.80. The standard InChI is InChI=1S/C8H15NO2/c1-8(2,3)6(5-10)4-7(9)11/h5-6H,4H2,1-3H3,(H2,9,11). The van der Waals surface area contributed by atoms with Crippen LogP contribution in [0.2, 0.25) is 0 Å². The first-order chi connectivity index (χ1) is 4.88. The maximum atomic E-state index is 10.5. The number of rotatable bonds is 3. The molecule has 0 heterocycles. The molecule has 0 rings (SSSR count). The van der Waals surface area contributed by atoms with Gasteiger partial charge in [-0.25, -0.2) is 0 Å². The molecule has 0 spiro atoms. The Kier molecular flexibility index (Phi) is 3.23. The molecule has 0 aromatic rings. The van der Waals surface area contributed by atoms with E-state index in [1.807, 2.05) is 20.8 Å². The summed E-state index contributed by atoms with van der Waals surface area (Å²) in [5, 5.41) is 0. The van der Waals surface area contributed by atoms with Crippen LogP contribution in [-0.4, -0.2) is 12.2 Å². The molecule has 3 heteroatoms. The maximum absolute atomic E-state index is 10.5. The van der Waals surface area contributed by atoms with E-state index in [0.717, 1.165) is 6.29 Å². The van der Waals surface area contributed by atoms with Gasteiger partial charge in [0.15, 0.2) is 0 Å². The Morgan fingerprint density at radius 1 is 1.55 bits per heavy atom. The van der Waals surface area contributed by atoms with Gasteiger partial charge in [-0.05, 0) is 5.41 Å². The molecule has 0 aliphatic heterocycles. The highest BCUT2D eigenvalue weighted by molar-refractivity contribution is 5.77. The van der Waals surface area contributed by atoms with Crippen molar-refractivity contribution in [2.45, 2.75) is 27.2 Å². The van der Waals surface area contributed by atoms with Crippen molar-refractivity contribution in [2.75, 3.05) is 0 Å². The van der Waals surface area contributed by atoms with Crippen LogP contribution in [0.15, 0.2) is 0 Å². The summed E-state index contributed by atoms with van der Waals surface area (Å²) in [5.74, 6) is -0.683. The summed E-state index contributed by atoms with van der Waals surface area (Å²) in [6.07, 6.45) is 0.942. The molecular weight excluding hydrogens is 142 g/mol. The minimum Gasteiger partial charge on any atom is -0.370 e. The van der Waals surface area contributed by atoms with Gasteiger partial charge < -0.3 is 10.5 Å². The molecule has 0 fully saturated rings. The van der Waals surface area contributed by atoms with Crippen LogP contribution in [0.25, 0.3) is 0 Å². The third kappa shape index (κ3) is 3.75. The molecular formula is C8H15NO2. The van der Waals surface area contributed by atoms with E-state index in [4.69, 9.17) is 5.73 Å². The molecule has 0 aliphatic carbocycles. The highest BCUT2D eigenvalue weighted by atomic mass is 16.1. The van der Waals surface area contributed by atoms with Crippen molar-refractivity contribution < 1.29 is 9.59 Å². The van der Waals surface area contributed by atoms with E-state index in [2.05, 4.69) is 0 Å². The normalized spacial score (nSPS) is 14.1. The third-order valence-electron chi connectivity index (χ3n) is 1.70. The van der Waals surface area contributed by atoms with Gasteiger partial charge in [0.2, 0.25) is 5.91 Å². The van der Waals surface area contributed by atoms with Crippen LogP contribution in [0.1, 0.15) is 27.2 Å². The van der Waals surface area contributed by atoms with Crippen LogP contribution in [0.4, 0.5) is 0 Å². The second-order valence-corrected chi connectivity index (χ2v) is 3.78. The van der Waals surface area contributed by atoms with Gasteiger partial charge >= 0.3 is 0 Å². The molecule has 0 aromatic carbocycles.